The number of hydrogen-bond acceptors (Lipinski definition) is 6. The average molecular weight is 387 g/mol. The van der Waals surface area contributed by atoms with Crippen molar-refractivity contribution in [2.75, 3.05) is 6.79 Å². The highest BCUT2D eigenvalue weighted by molar-refractivity contribution is 6.30. The van der Waals surface area contributed by atoms with Crippen LogP contribution >= 0.6 is 11.6 Å². The van der Waals surface area contributed by atoms with Gasteiger partial charge in [-0.05, 0) is 18.2 Å². The van der Waals surface area contributed by atoms with E-state index in [1.54, 1.807) is 36.4 Å². The van der Waals surface area contributed by atoms with Crippen LogP contribution in [0.15, 0.2) is 41.2 Å². The van der Waals surface area contributed by atoms with Crippen LogP contribution in [0.2, 0.25) is 5.02 Å². The third-order valence-electron chi connectivity index (χ3n) is 4.26. The van der Waals surface area contributed by atoms with Crippen molar-refractivity contribution in [3.05, 3.63) is 68.6 Å². The number of halogens is 1. The van der Waals surface area contributed by atoms with Gasteiger partial charge in [-0.25, -0.2) is 9.48 Å². The standard InChI is InChI=1S/C19H15ClN2O5/c1-22-18(23)15-5-3-2-4-14(15)16(21-22)19(24)26-9-12-7-13(20)6-11-8-25-10-27-17(11)12/h2-7H,8-10H2,1H3. The third kappa shape index (κ3) is 3.27. The normalized spacial score (nSPS) is 13.1. The molecule has 27 heavy (non-hydrogen) atoms. The van der Waals surface area contributed by atoms with Crippen molar-refractivity contribution in [3.63, 3.8) is 0 Å². The lowest BCUT2D eigenvalue weighted by Gasteiger charge is -2.21. The molecular weight excluding hydrogens is 372 g/mol. The fourth-order valence-electron chi connectivity index (χ4n) is 3.03. The van der Waals surface area contributed by atoms with Crippen LogP contribution < -0.4 is 10.3 Å². The summed E-state index contributed by atoms with van der Waals surface area (Å²) in [6.07, 6.45) is 0. The molecule has 1 aliphatic heterocycles. The van der Waals surface area contributed by atoms with Gasteiger partial charge in [-0.2, -0.15) is 5.10 Å². The van der Waals surface area contributed by atoms with Gasteiger partial charge >= 0.3 is 5.97 Å². The molecule has 1 aliphatic rings. The van der Waals surface area contributed by atoms with Gasteiger partial charge < -0.3 is 14.2 Å². The molecule has 0 fully saturated rings. The van der Waals surface area contributed by atoms with E-state index in [1.807, 2.05) is 0 Å². The number of ether oxygens (including phenoxy) is 3. The smallest absolute Gasteiger partial charge is 0.359 e. The number of carbonyl (C=O) groups is 1. The molecule has 0 radical (unpaired) electrons. The molecule has 0 unspecified atom stereocenters. The van der Waals surface area contributed by atoms with Crippen LogP contribution in [0.1, 0.15) is 21.6 Å². The highest BCUT2D eigenvalue weighted by Crippen LogP contribution is 2.32. The Morgan fingerprint density at radius 2 is 2.07 bits per heavy atom. The Balaban J connectivity index is 1.65. The Labute approximate surface area is 159 Å². The van der Waals surface area contributed by atoms with Gasteiger partial charge in [0.25, 0.3) is 5.56 Å². The van der Waals surface area contributed by atoms with E-state index in [0.29, 0.717) is 33.7 Å². The molecule has 4 rings (SSSR count). The molecule has 1 aromatic heterocycles. The minimum atomic E-state index is -0.636. The molecular formula is C19H15ClN2O5. The number of nitrogens with zero attached hydrogens (tertiary/aromatic N) is 2. The molecule has 2 heterocycles. The zero-order valence-electron chi connectivity index (χ0n) is 14.4. The number of aryl methyl sites for hydroxylation is 1. The lowest BCUT2D eigenvalue weighted by Crippen LogP contribution is -2.24. The summed E-state index contributed by atoms with van der Waals surface area (Å²) >= 11 is 6.13. The number of esters is 1. The molecule has 0 saturated heterocycles. The number of carbonyl (C=O) groups excluding carboxylic acids is 1. The summed E-state index contributed by atoms with van der Waals surface area (Å²) in [5.74, 6) is -0.0284. The van der Waals surface area contributed by atoms with Crippen molar-refractivity contribution in [1.29, 1.82) is 0 Å². The Morgan fingerprint density at radius 1 is 1.30 bits per heavy atom. The van der Waals surface area contributed by atoms with Gasteiger partial charge in [0.2, 0.25) is 0 Å². The summed E-state index contributed by atoms with van der Waals surface area (Å²) in [4.78, 5) is 24.8. The number of rotatable bonds is 3. The zero-order chi connectivity index (χ0) is 19.0. The van der Waals surface area contributed by atoms with Crippen molar-refractivity contribution < 1.29 is 19.0 Å². The Kier molecular flexibility index (Phi) is 4.55. The van der Waals surface area contributed by atoms with Gasteiger partial charge in [-0.3, -0.25) is 4.79 Å². The maximum Gasteiger partial charge on any atom is 0.359 e. The number of fused-ring (bicyclic) bond motifs is 2. The van der Waals surface area contributed by atoms with Gasteiger partial charge in [0, 0.05) is 28.6 Å². The van der Waals surface area contributed by atoms with Crippen LogP contribution in [0.3, 0.4) is 0 Å². The predicted octanol–water partition coefficient (Wildman–Crippen LogP) is 2.81. The van der Waals surface area contributed by atoms with E-state index < -0.39 is 5.97 Å². The first-order valence-electron chi connectivity index (χ1n) is 8.19. The van der Waals surface area contributed by atoms with E-state index in [9.17, 15) is 9.59 Å². The largest absolute Gasteiger partial charge is 0.467 e. The van der Waals surface area contributed by atoms with Gasteiger partial charge in [-0.15, -0.1) is 0 Å². The summed E-state index contributed by atoms with van der Waals surface area (Å²) in [6, 6.07) is 10.2. The van der Waals surface area contributed by atoms with E-state index in [1.165, 1.54) is 7.05 Å². The second-order valence-electron chi connectivity index (χ2n) is 6.06. The summed E-state index contributed by atoms with van der Waals surface area (Å²) in [5.41, 5.74) is 1.24. The number of aromatic nitrogens is 2. The fourth-order valence-corrected chi connectivity index (χ4v) is 3.29. The minimum Gasteiger partial charge on any atom is -0.467 e. The second-order valence-corrected chi connectivity index (χ2v) is 6.50. The molecule has 0 amide bonds. The van der Waals surface area contributed by atoms with E-state index in [0.717, 1.165) is 10.2 Å². The zero-order valence-corrected chi connectivity index (χ0v) is 15.2. The van der Waals surface area contributed by atoms with Crippen LogP contribution in [0.25, 0.3) is 10.8 Å². The molecule has 0 N–H and O–H groups in total. The highest BCUT2D eigenvalue weighted by Gasteiger charge is 2.20. The van der Waals surface area contributed by atoms with Crippen molar-refractivity contribution >= 4 is 28.3 Å². The summed E-state index contributed by atoms with van der Waals surface area (Å²) in [5, 5.41) is 5.42. The maximum absolute atomic E-state index is 12.6. The topological polar surface area (TPSA) is 79.7 Å². The van der Waals surface area contributed by atoms with E-state index in [4.69, 9.17) is 25.8 Å². The first kappa shape index (κ1) is 17.5. The Bertz CT molecular complexity index is 1110. The molecule has 3 aromatic rings. The van der Waals surface area contributed by atoms with Gasteiger partial charge in [0.15, 0.2) is 12.5 Å². The fraction of sp³-hybridized carbons (Fsp3) is 0.211. The van der Waals surface area contributed by atoms with Crippen molar-refractivity contribution in [1.82, 2.24) is 9.78 Å². The van der Waals surface area contributed by atoms with Crippen LogP contribution in [0.5, 0.6) is 5.75 Å². The lowest BCUT2D eigenvalue weighted by molar-refractivity contribution is -0.0180. The quantitative estimate of drug-likeness (QED) is 0.644. The molecule has 0 spiro atoms. The third-order valence-corrected chi connectivity index (χ3v) is 4.48. The van der Waals surface area contributed by atoms with Crippen molar-refractivity contribution in [3.8, 4) is 5.75 Å². The van der Waals surface area contributed by atoms with E-state index >= 15 is 0 Å². The summed E-state index contributed by atoms with van der Waals surface area (Å²) in [7, 11) is 1.49. The molecule has 0 atom stereocenters. The predicted molar refractivity (Wildman–Crippen MR) is 97.8 cm³/mol. The van der Waals surface area contributed by atoms with Crippen molar-refractivity contribution in [2.45, 2.75) is 13.2 Å². The first-order chi connectivity index (χ1) is 13.0. The molecule has 7 nitrogen and oxygen atoms in total. The van der Waals surface area contributed by atoms with Gasteiger partial charge in [0.1, 0.15) is 12.4 Å². The van der Waals surface area contributed by atoms with Crippen LogP contribution in [-0.4, -0.2) is 22.5 Å². The van der Waals surface area contributed by atoms with Crippen LogP contribution in [0, 0.1) is 0 Å². The van der Waals surface area contributed by atoms with E-state index in [-0.39, 0.29) is 24.7 Å². The Hall–Kier alpha value is -2.90. The summed E-state index contributed by atoms with van der Waals surface area (Å²) in [6.45, 7) is 0.465. The monoisotopic (exact) mass is 386 g/mol. The lowest BCUT2D eigenvalue weighted by atomic mass is 10.1. The van der Waals surface area contributed by atoms with E-state index in [2.05, 4.69) is 5.10 Å². The molecule has 0 bridgehead atoms. The highest BCUT2D eigenvalue weighted by atomic mass is 35.5. The van der Waals surface area contributed by atoms with Gasteiger partial charge in [0.05, 0.1) is 12.0 Å². The molecule has 8 heteroatoms. The number of benzene rings is 2. The molecule has 138 valence electrons. The summed E-state index contributed by atoms with van der Waals surface area (Å²) < 4.78 is 17.3. The van der Waals surface area contributed by atoms with Gasteiger partial charge in [-0.1, -0.05) is 29.8 Å². The Morgan fingerprint density at radius 3 is 2.89 bits per heavy atom. The molecule has 0 saturated carbocycles. The number of hydrogen-bond donors (Lipinski definition) is 0. The van der Waals surface area contributed by atoms with Crippen molar-refractivity contribution in [2.24, 2.45) is 7.05 Å². The second kappa shape index (κ2) is 7.02. The SMILES string of the molecule is Cn1nc(C(=O)OCc2cc(Cl)cc3c2OCOC3)c2ccccc2c1=O. The van der Waals surface area contributed by atoms with Crippen LogP contribution in [-0.2, 0) is 29.7 Å². The minimum absolute atomic E-state index is 0.0411. The van der Waals surface area contributed by atoms with Crippen LogP contribution in [0.4, 0.5) is 0 Å². The molecule has 2 aromatic carbocycles. The first-order valence-corrected chi connectivity index (χ1v) is 8.57. The average Bonchev–Trinajstić information content (AvgIpc) is 2.68. The maximum atomic E-state index is 12.6. The molecule has 0 aliphatic carbocycles.